The average molecular weight is 304 g/mol. The van der Waals surface area contributed by atoms with Gasteiger partial charge in [-0.3, -0.25) is 10.1 Å². The molecule has 1 amide bonds. The first-order valence-corrected chi connectivity index (χ1v) is 7.46. The van der Waals surface area contributed by atoms with Crippen molar-refractivity contribution < 1.29 is 18.0 Å². The Balaban J connectivity index is 1.87. The third-order valence-corrected chi connectivity index (χ3v) is 4.65. The molecule has 20 heavy (non-hydrogen) atoms. The van der Waals surface area contributed by atoms with Crippen LogP contribution in [-0.4, -0.2) is 28.6 Å². The van der Waals surface area contributed by atoms with Crippen molar-refractivity contribution in [3.8, 4) is 0 Å². The van der Waals surface area contributed by atoms with Crippen molar-refractivity contribution in [3.63, 3.8) is 0 Å². The van der Waals surface area contributed by atoms with Gasteiger partial charge in [-0.25, -0.2) is 0 Å². The fraction of sp³-hybridized carbons (Fsp3) is 0.615. The molecule has 2 atom stereocenters. The number of nitrogens with zero attached hydrogens (tertiary/aromatic N) is 1. The molecule has 1 aliphatic heterocycles. The van der Waals surface area contributed by atoms with Crippen LogP contribution in [0.4, 0.5) is 13.2 Å². The third kappa shape index (κ3) is 2.33. The molecule has 2 fully saturated rings. The quantitative estimate of drug-likeness (QED) is 0.931. The van der Waals surface area contributed by atoms with Crippen molar-refractivity contribution in [3.05, 3.63) is 22.4 Å². The predicted molar refractivity (Wildman–Crippen MR) is 69.1 cm³/mol. The predicted octanol–water partition coefficient (Wildman–Crippen LogP) is 3.05. The summed E-state index contributed by atoms with van der Waals surface area (Å²) in [5, 5.41) is 6.97. The van der Waals surface area contributed by atoms with E-state index in [2.05, 4.69) is 5.32 Å². The maximum Gasteiger partial charge on any atom is 0.391 e. The molecular formula is C13H15F3N2OS. The summed E-state index contributed by atoms with van der Waals surface area (Å²) in [6.45, 7) is 1.47. The van der Waals surface area contributed by atoms with Crippen molar-refractivity contribution >= 4 is 17.2 Å². The Morgan fingerprint density at radius 2 is 2.25 bits per heavy atom. The Morgan fingerprint density at radius 1 is 1.55 bits per heavy atom. The zero-order chi connectivity index (χ0) is 14.5. The minimum atomic E-state index is -4.27. The molecular weight excluding hydrogens is 289 g/mol. The maximum absolute atomic E-state index is 12.6. The van der Waals surface area contributed by atoms with E-state index in [0.29, 0.717) is 12.8 Å². The molecule has 2 aliphatic rings. The van der Waals surface area contributed by atoms with Gasteiger partial charge in [-0.2, -0.15) is 24.5 Å². The van der Waals surface area contributed by atoms with Crippen LogP contribution in [0.3, 0.4) is 0 Å². The molecule has 1 aromatic rings. The largest absolute Gasteiger partial charge is 0.391 e. The van der Waals surface area contributed by atoms with E-state index in [1.165, 1.54) is 23.2 Å². The fourth-order valence-corrected chi connectivity index (χ4v) is 3.48. The molecule has 0 aromatic carbocycles. The molecule has 1 spiro atoms. The number of amides is 1. The van der Waals surface area contributed by atoms with E-state index in [-0.39, 0.29) is 5.91 Å². The molecule has 2 unspecified atom stereocenters. The van der Waals surface area contributed by atoms with Crippen molar-refractivity contribution in [2.45, 2.75) is 50.1 Å². The lowest BCUT2D eigenvalue weighted by molar-refractivity contribution is -0.153. The van der Waals surface area contributed by atoms with Crippen LogP contribution >= 0.6 is 11.3 Å². The van der Waals surface area contributed by atoms with Gasteiger partial charge in [-0.05, 0) is 42.2 Å². The van der Waals surface area contributed by atoms with Gasteiger partial charge in [0.05, 0.1) is 6.42 Å². The van der Waals surface area contributed by atoms with Gasteiger partial charge < -0.3 is 4.90 Å². The van der Waals surface area contributed by atoms with Crippen LogP contribution in [0.25, 0.3) is 0 Å². The fourth-order valence-electron chi connectivity index (χ4n) is 2.80. The first kappa shape index (κ1) is 13.9. The van der Waals surface area contributed by atoms with Crippen LogP contribution in [0.2, 0.25) is 0 Å². The lowest BCUT2D eigenvalue weighted by Gasteiger charge is -2.30. The normalized spacial score (nSPS) is 26.3. The Hall–Kier alpha value is -1.08. The lowest BCUT2D eigenvalue weighted by atomic mass is 10.1. The van der Waals surface area contributed by atoms with E-state index in [1.807, 2.05) is 16.8 Å². The van der Waals surface area contributed by atoms with Crippen molar-refractivity contribution in [1.29, 1.82) is 0 Å². The lowest BCUT2D eigenvalue weighted by Crippen LogP contribution is -2.41. The molecule has 1 saturated heterocycles. The molecule has 1 N–H and O–H groups in total. The third-order valence-electron chi connectivity index (χ3n) is 3.95. The zero-order valence-electron chi connectivity index (χ0n) is 10.9. The van der Waals surface area contributed by atoms with Crippen LogP contribution in [0.5, 0.6) is 0 Å². The zero-order valence-corrected chi connectivity index (χ0v) is 11.7. The highest BCUT2D eigenvalue weighted by Gasteiger charge is 2.60. The van der Waals surface area contributed by atoms with Crippen molar-refractivity contribution in [1.82, 2.24) is 10.2 Å². The van der Waals surface area contributed by atoms with E-state index in [1.54, 1.807) is 0 Å². The van der Waals surface area contributed by atoms with Crippen molar-refractivity contribution in [2.75, 3.05) is 0 Å². The molecule has 1 aromatic heterocycles. The molecule has 2 heterocycles. The molecule has 7 heteroatoms. The number of nitrogens with one attached hydrogen (secondary N) is 1. The minimum absolute atomic E-state index is 0.189. The first-order valence-electron chi connectivity index (χ1n) is 6.52. The molecule has 0 radical (unpaired) electrons. The second kappa shape index (κ2) is 4.46. The van der Waals surface area contributed by atoms with E-state index < -0.39 is 30.3 Å². The van der Waals surface area contributed by atoms with Gasteiger partial charge in [-0.1, -0.05) is 0 Å². The van der Waals surface area contributed by atoms with Gasteiger partial charge in [0.1, 0.15) is 11.7 Å². The summed E-state index contributed by atoms with van der Waals surface area (Å²) >= 11 is 1.47. The van der Waals surface area contributed by atoms with E-state index in [0.717, 1.165) is 5.56 Å². The topological polar surface area (TPSA) is 32.3 Å². The summed E-state index contributed by atoms with van der Waals surface area (Å²) in [6, 6.07) is 0.990. The summed E-state index contributed by atoms with van der Waals surface area (Å²) in [6.07, 6.45) is -4.26. The number of carbonyl (C=O) groups is 1. The highest BCUT2D eigenvalue weighted by Crippen LogP contribution is 2.47. The summed E-state index contributed by atoms with van der Waals surface area (Å²) in [5.41, 5.74) is 0.257. The number of alkyl halides is 3. The second-order valence-corrected chi connectivity index (χ2v) is 6.35. The van der Waals surface area contributed by atoms with Gasteiger partial charge in [-0.15, -0.1) is 0 Å². The number of hydrogen-bond donors (Lipinski definition) is 1. The number of carbonyl (C=O) groups excluding carboxylic acids is 1. The molecule has 0 bridgehead atoms. The van der Waals surface area contributed by atoms with E-state index in [4.69, 9.17) is 0 Å². The Kier molecular flexibility index (Phi) is 3.10. The van der Waals surface area contributed by atoms with Crippen LogP contribution in [-0.2, 0) is 4.79 Å². The summed E-state index contributed by atoms with van der Waals surface area (Å²) in [4.78, 5) is 13.8. The van der Waals surface area contributed by atoms with Gasteiger partial charge in [0.25, 0.3) is 0 Å². The Labute approximate surface area is 118 Å². The number of rotatable bonds is 3. The number of hydrogen-bond acceptors (Lipinski definition) is 3. The summed E-state index contributed by atoms with van der Waals surface area (Å²) in [7, 11) is 0. The van der Waals surface area contributed by atoms with Crippen molar-refractivity contribution in [2.24, 2.45) is 0 Å². The summed E-state index contributed by atoms with van der Waals surface area (Å²) < 4.78 is 37.8. The minimum Gasteiger partial charge on any atom is -0.318 e. The van der Waals surface area contributed by atoms with E-state index >= 15 is 0 Å². The molecule has 1 saturated carbocycles. The Bertz CT molecular complexity index is 510. The van der Waals surface area contributed by atoms with E-state index in [9.17, 15) is 18.0 Å². The SMILES string of the molecule is CC(CC(F)(F)F)N1C(=O)C2(CC2)NC1c1ccsc1. The van der Waals surface area contributed by atoms with Crippen LogP contribution in [0, 0.1) is 0 Å². The average Bonchev–Trinajstić information content (AvgIpc) is 2.81. The molecule has 110 valence electrons. The smallest absolute Gasteiger partial charge is 0.318 e. The molecule has 3 rings (SSSR count). The highest BCUT2D eigenvalue weighted by molar-refractivity contribution is 7.07. The molecule has 3 nitrogen and oxygen atoms in total. The van der Waals surface area contributed by atoms with Gasteiger partial charge in [0, 0.05) is 6.04 Å². The van der Waals surface area contributed by atoms with Crippen LogP contribution in [0.1, 0.15) is 37.9 Å². The number of halogens is 3. The first-order chi connectivity index (χ1) is 9.32. The standard InChI is InChI=1S/C13H15F3N2OS/c1-8(6-13(14,15)16)18-10(9-2-5-20-7-9)17-12(3-4-12)11(18)19/h2,5,7-8,10,17H,3-4,6H2,1H3. The van der Waals surface area contributed by atoms with Gasteiger partial charge >= 0.3 is 6.18 Å². The molecule has 1 aliphatic carbocycles. The second-order valence-electron chi connectivity index (χ2n) is 5.57. The maximum atomic E-state index is 12.6. The number of thiophene rings is 1. The van der Waals surface area contributed by atoms with Crippen LogP contribution < -0.4 is 5.32 Å². The highest BCUT2D eigenvalue weighted by atomic mass is 32.1. The monoisotopic (exact) mass is 304 g/mol. The van der Waals surface area contributed by atoms with Gasteiger partial charge in [0.15, 0.2) is 0 Å². The summed E-state index contributed by atoms with van der Waals surface area (Å²) in [5.74, 6) is -0.189. The van der Waals surface area contributed by atoms with Crippen LogP contribution in [0.15, 0.2) is 16.8 Å². The van der Waals surface area contributed by atoms with Gasteiger partial charge in [0.2, 0.25) is 5.91 Å². The Morgan fingerprint density at radius 3 is 2.75 bits per heavy atom.